The van der Waals surface area contributed by atoms with Crippen molar-refractivity contribution in [2.75, 3.05) is 18.5 Å². The number of aliphatic hydroxyl groups excluding tert-OH is 1. The van der Waals surface area contributed by atoms with Gasteiger partial charge in [0.05, 0.1) is 35.7 Å². The Morgan fingerprint density at radius 1 is 1.39 bits per heavy atom. The maximum atomic E-state index is 15.1. The zero-order chi connectivity index (χ0) is 22.3. The first kappa shape index (κ1) is 22.1. The van der Waals surface area contributed by atoms with E-state index in [1.54, 1.807) is 0 Å². The van der Waals surface area contributed by atoms with Crippen molar-refractivity contribution in [2.45, 2.75) is 58.1 Å². The highest BCUT2D eigenvalue weighted by Crippen LogP contribution is 2.46. The van der Waals surface area contributed by atoms with Crippen LogP contribution in [0.1, 0.15) is 46.1 Å². The van der Waals surface area contributed by atoms with E-state index in [2.05, 4.69) is 48.0 Å². The number of aliphatic imine (C=N–C) groups is 1. The van der Waals surface area contributed by atoms with Crippen LogP contribution in [0.2, 0.25) is 5.02 Å². The molecule has 2 N–H and O–H groups in total. The Kier molecular flexibility index (Phi) is 6.03. The molecular weight excluding hydrogens is 419 g/mol. The fourth-order valence-corrected chi connectivity index (χ4v) is 4.54. The molecule has 2 aromatic rings. The summed E-state index contributed by atoms with van der Waals surface area (Å²) in [4.78, 5) is 13.4. The molecule has 1 saturated heterocycles. The molecule has 31 heavy (non-hydrogen) atoms. The first-order valence-corrected chi connectivity index (χ1v) is 11.1. The van der Waals surface area contributed by atoms with Crippen molar-refractivity contribution >= 4 is 28.9 Å². The SMILES string of the molecule is CC[C@@H](C)C1=Nc2c(F)cc(-c3nc(N[C@@H]4CCOC[C@H]4O)ncc3Cl)cc2C1(C)C. The van der Waals surface area contributed by atoms with E-state index in [0.29, 0.717) is 40.9 Å². The van der Waals surface area contributed by atoms with Gasteiger partial charge in [0, 0.05) is 23.3 Å². The van der Waals surface area contributed by atoms with Crippen LogP contribution in [0.15, 0.2) is 23.3 Å². The molecule has 8 heteroatoms. The van der Waals surface area contributed by atoms with Crippen molar-refractivity contribution in [2.24, 2.45) is 10.9 Å². The van der Waals surface area contributed by atoms with Gasteiger partial charge in [-0.15, -0.1) is 0 Å². The van der Waals surface area contributed by atoms with Gasteiger partial charge in [-0.1, -0.05) is 39.3 Å². The number of aromatic nitrogens is 2. The van der Waals surface area contributed by atoms with Crippen LogP contribution < -0.4 is 5.32 Å². The maximum Gasteiger partial charge on any atom is 0.223 e. The molecule has 0 aliphatic carbocycles. The molecule has 0 spiro atoms. The summed E-state index contributed by atoms with van der Waals surface area (Å²) in [6.45, 7) is 9.21. The Balaban J connectivity index is 1.70. The van der Waals surface area contributed by atoms with Gasteiger partial charge in [0.2, 0.25) is 5.95 Å². The zero-order valence-electron chi connectivity index (χ0n) is 18.2. The first-order valence-electron chi connectivity index (χ1n) is 10.7. The molecule has 1 aromatic carbocycles. The van der Waals surface area contributed by atoms with Crippen molar-refractivity contribution in [1.82, 2.24) is 9.97 Å². The molecule has 0 unspecified atom stereocenters. The maximum absolute atomic E-state index is 15.1. The van der Waals surface area contributed by atoms with Gasteiger partial charge < -0.3 is 15.2 Å². The number of halogens is 2. The summed E-state index contributed by atoms with van der Waals surface area (Å²) in [6.07, 6.45) is 2.43. The molecule has 3 atom stereocenters. The standard InChI is InChI=1S/C23H28ClFN4O2/c1-5-12(2)21-23(3,4)14-8-13(9-16(25)20(14)28-21)19-15(24)10-26-22(29-19)27-17-6-7-31-11-18(17)30/h8-10,12,17-18,30H,5-7,11H2,1-4H3,(H,26,27,29)/t12-,17-,18-/m1/s1. The van der Waals surface area contributed by atoms with Crippen LogP contribution in [0, 0.1) is 11.7 Å². The second-order valence-electron chi connectivity index (χ2n) is 8.86. The Hall–Kier alpha value is -2.09. The molecule has 0 bridgehead atoms. The summed E-state index contributed by atoms with van der Waals surface area (Å²) < 4.78 is 20.4. The predicted octanol–water partition coefficient (Wildman–Crippen LogP) is 4.91. The molecular formula is C23H28ClFN4O2. The molecule has 1 aromatic heterocycles. The van der Waals surface area contributed by atoms with Crippen LogP contribution >= 0.6 is 11.6 Å². The van der Waals surface area contributed by atoms with E-state index in [0.717, 1.165) is 17.7 Å². The van der Waals surface area contributed by atoms with Crippen LogP contribution in [0.4, 0.5) is 16.0 Å². The molecule has 2 aliphatic rings. The Morgan fingerprint density at radius 3 is 2.87 bits per heavy atom. The molecule has 0 radical (unpaired) electrons. The number of aliphatic hydroxyl groups is 1. The zero-order valence-corrected chi connectivity index (χ0v) is 19.0. The first-order chi connectivity index (χ1) is 14.7. The summed E-state index contributed by atoms with van der Waals surface area (Å²) in [6, 6.07) is 3.14. The summed E-state index contributed by atoms with van der Waals surface area (Å²) in [5.74, 6) is 0.208. The van der Waals surface area contributed by atoms with Gasteiger partial charge in [0.1, 0.15) is 11.5 Å². The summed E-state index contributed by atoms with van der Waals surface area (Å²) >= 11 is 6.40. The average molecular weight is 447 g/mol. The van der Waals surface area contributed by atoms with Crippen LogP contribution in [-0.4, -0.2) is 46.1 Å². The van der Waals surface area contributed by atoms with E-state index in [1.807, 2.05) is 6.07 Å². The van der Waals surface area contributed by atoms with E-state index in [4.69, 9.17) is 16.3 Å². The lowest BCUT2D eigenvalue weighted by Gasteiger charge is -2.28. The molecule has 0 amide bonds. The van der Waals surface area contributed by atoms with E-state index in [1.165, 1.54) is 12.3 Å². The third kappa shape index (κ3) is 4.06. The third-order valence-corrected chi connectivity index (χ3v) is 6.62. The van der Waals surface area contributed by atoms with Crippen LogP contribution in [0.3, 0.4) is 0 Å². The van der Waals surface area contributed by atoms with Crippen LogP contribution in [0.5, 0.6) is 0 Å². The Morgan fingerprint density at radius 2 is 2.16 bits per heavy atom. The minimum atomic E-state index is -0.647. The normalized spacial score (nSPS) is 23.3. The number of rotatable bonds is 5. The van der Waals surface area contributed by atoms with Gasteiger partial charge in [0.15, 0.2) is 0 Å². The fraction of sp³-hybridized carbons (Fsp3) is 0.522. The van der Waals surface area contributed by atoms with Crippen LogP contribution in [-0.2, 0) is 10.2 Å². The third-order valence-electron chi connectivity index (χ3n) is 6.35. The Bertz CT molecular complexity index is 1030. The minimum Gasteiger partial charge on any atom is -0.389 e. The molecule has 0 saturated carbocycles. The molecule has 4 rings (SSSR count). The van der Waals surface area contributed by atoms with Crippen molar-refractivity contribution in [3.63, 3.8) is 0 Å². The number of nitrogens with one attached hydrogen (secondary N) is 1. The highest BCUT2D eigenvalue weighted by Gasteiger charge is 2.39. The average Bonchev–Trinajstić information content (AvgIpc) is 3.01. The summed E-state index contributed by atoms with van der Waals surface area (Å²) in [5.41, 5.74) is 2.86. The minimum absolute atomic E-state index is 0.218. The van der Waals surface area contributed by atoms with E-state index in [-0.39, 0.29) is 29.8 Å². The van der Waals surface area contributed by atoms with E-state index >= 15 is 4.39 Å². The number of ether oxygens (including phenoxy) is 1. The number of fused-ring (bicyclic) bond motifs is 1. The topological polar surface area (TPSA) is 79.6 Å². The second kappa shape index (κ2) is 8.45. The fourth-order valence-electron chi connectivity index (χ4n) is 4.34. The lowest BCUT2D eigenvalue weighted by Crippen LogP contribution is -2.42. The van der Waals surface area contributed by atoms with Gasteiger partial charge in [-0.05, 0) is 36.5 Å². The lowest BCUT2D eigenvalue weighted by molar-refractivity contribution is -0.0136. The van der Waals surface area contributed by atoms with E-state index < -0.39 is 6.10 Å². The summed E-state index contributed by atoms with van der Waals surface area (Å²) in [7, 11) is 0. The van der Waals surface area contributed by atoms with Gasteiger partial charge in [-0.3, -0.25) is 4.99 Å². The molecule has 166 valence electrons. The Labute approximate surface area is 186 Å². The largest absolute Gasteiger partial charge is 0.389 e. The quantitative estimate of drug-likeness (QED) is 0.682. The summed E-state index contributed by atoms with van der Waals surface area (Å²) in [5, 5.41) is 13.6. The monoisotopic (exact) mass is 446 g/mol. The molecule has 2 aliphatic heterocycles. The highest BCUT2D eigenvalue weighted by atomic mass is 35.5. The molecule has 6 nitrogen and oxygen atoms in total. The van der Waals surface area contributed by atoms with Gasteiger partial charge in [-0.25, -0.2) is 14.4 Å². The smallest absolute Gasteiger partial charge is 0.223 e. The number of benzene rings is 1. The molecule has 3 heterocycles. The van der Waals surface area contributed by atoms with Crippen molar-refractivity contribution in [1.29, 1.82) is 0 Å². The van der Waals surface area contributed by atoms with Crippen molar-refractivity contribution in [3.8, 4) is 11.3 Å². The van der Waals surface area contributed by atoms with Crippen molar-refractivity contribution < 1.29 is 14.2 Å². The van der Waals surface area contributed by atoms with Gasteiger partial charge in [0.25, 0.3) is 0 Å². The van der Waals surface area contributed by atoms with Gasteiger partial charge in [-0.2, -0.15) is 0 Å². The number of nitrogens with zero attached hydrogens (tertiary/aromatic N) is 3. The van der Waals surface area contributed by atoms with Gasteiger partial charge >= 0.3 is 0 Å². The van der Waals surface area contributed by atoms with E-state index in [9.17, 15) is 5.11 Å². The predicted molar refractivity (Wildman–Crippen MR) is 121 cm³/mol. The lowest BCUT2D eigenvalue weighted by atomic mass is 9.76. The van der Waals surface area contributed by atoms with Crippen LogP contribution in [0.25, 0.3) is 11.3 Å². The molecule has 1 fully saturated rings. The highest BCUT2D eigenvalue weighted by molar-refractivity contribution is 6.33. The second-order valence-corrected chi connectivity index (χ2v) is 9.26. The number of hydrogen-bond donors (Lipinski definition) is 2. The number of hydrogen-bond acceptors (Lipinski definition) is 6. The van der Waals surface area contributed by atoms with Crippen molar-refractivity contribution in [3.05, 3.63) is 34.7 Å². The number of anilines is 1.